The third-order valence-corrected chi connectivity index (χ3v) is 4.58. The molecule has 0 unspecified atom stereocenters. The largest absolute Gasteiger partial charge is 0.465 e. The van der Waals surface area contributed by atoms with Gasteiger partial charge in [-0.15, -0.1) is 0 Å². The molecule has 0 aromatic heterocycles. The molecule has 132 valence electrons. The average Bonchev–Trinajstić information content (AvgIpc) is 3.38. The molecule has 0 atom stereocenters. The molecule has 2 aromatic rings. The van der Waals surface area contributed by atoms with E-state index in [4.69, 9.17) is 4.74 Å². The molecule has 1 aliphatic carbocycles. The predicted molar refractivity (Wildman–Crippen MR) is 85.8 cm³/mol. The minimum absolute atomic E-state index is 0.0673. The second-order valence-corrected chi connectivity index (χ2v) is 6.23. The Kier molecular flexibility index (Phi) is 4.22. The SMILES string of the molecule is COC(=O)c1ccc(Oc2ccc(C3(C(C)(F)F)CC3)cc2)c(F)c1. The summed E-state index contributed by atoms with van der Waals surface area (Å²) < 4.78 is 51.5. The maximum Gasteiger partial charge on any atom is 0.337 e. The van der Waals surface area contributed by atoms with Crippen molar-refractivity contribution in [3.8, 4) is 11.5 Å². The molecule has 1 fully saturated rings. The van der Waals surface area contributed by atoms with Crippen molar-refractivity contribution in [2.45, 2.75) is 31.1 Å². The highest BCUT2D eigenvalue weighted by Crippen LogP contribution is 2.58. The van der Waals surface area contributed by atoms with Crippen LogP contribution in [0.1, 0.15) is 35.7 Å². The van der Waals surface area contributed by atoms with Crippen LogP contribution in [0, 0.1) is 5.82 Å². The average molecular weight is 350 g/mol. The monoisotopic (exact) mass is 350 g/mol. The first kappa shape index (κ1) is 17.3. The van der Waals surface area contributed by atoms with E-state index in [0.29, 0.717) is 24.2 Å². The summed E-state index contributed by atoms with van der Waals surface area (Å²) in [6.45, 7) is 0.933. The van der Waals surface area contributed by atoms with Crippen LogP contribution in [0.25, 0.3) is 0 Å². The second-order valence-electron chi connectivity index (χ2n) is 6.23. The topological polar surface area (TPSA) is 35.5 Å². The van der Waals surface area contributed by atoms with E-state index >= 15 is 0 Å². The zero-order valence-electron chi connectivity index (χ0n) is 13.8. The lowest BCUT2D eigenvalue weighted by atomic mass is 9.90. The van der Waals surface area contributed by atoms with E-state index in [1.165, 1.54) is 31.4 Å². The minimum atomic E-state index is -2.79. The quantitative estimate of drug-likeness (QED) is 0.705. The number of rotatable bonds is 5. The number of benzene rings is 2. The number of hydrogen-bond acceptors (Lipinski definition) is 3. The van der Waals surface area contributed by atoms with Crippen LogP contribution in [0.3, 0.4) is 0 Å². The van der Waals surface area contributed by atoms with Gasteiger partial charge >= 0.3 is 5.97 Å². The van der Waals surface area contributed by atoms with Crippen molar-refractivity contribution in [1.82, 2.24) is 0 Å². The minimum Gasteiger partial charge on any atom is -0.465 e. The number of carbonyl (C=O) groups excluding carboxylic acids is 1. The summed E-state index contributed by atoms with van der Waals surface area (Å²) in [5, 5.41) is 0. The lowest BCUT2D eigenvalue weighted by Crippen LogP contribution is -2.29. The molecule has 0 amide bonds. The summed E-state index contributed by atoms with van der Waals surface area (Å²) in [6.07, 6.45) is 0.890. The number of esters is 1. The molecule has 3 rings (SSSR count). The third kappa shape index (κ3) is 3.21. The van der Waals surface area contributed by atoms with Crippen molar-refractivity contribution in [2.75, 3.05) is 7.11 Å². The molecular formula is C19H17F3O3. The number of hydrogen-bond donors (Lipinski definition) is 0. The van der Waals surface area contributed by atoms with Gasteiger partial charge < -0.3 is 9.47 Å². The number of halogens is 3. The van der Waals surface area contributed by atoms with Crippen LogP contribution in [0.4, 0.5) is 13.2 Å². The molecular weight excluding hydrogens is 333 g/mol. The predicted octanol–water partition coefficient (Wildman–Crippen LogP) is 5.09. The summed E-state index contributed by atoms with van der Waals surface area (Å²) in [5.41, 5.74) is -0.476. The highest BCUT2D eigenvalue weighted by molar-refractivity contribution is 5.89. The van der Waals surface area contributed by atoms with E-state index in [1.54, 1.807) is 12.1 Å². The fourth-order valence-electron chi connectivity index (χ4n) is 2.90. The van der Waals surface area contributed by atoms with Gasteiger partial charge in [-0.2, -0.15) is 0 Å². The molecule has 0 bridgehead atoms. The molecule has 2 aromatic carbocycles. The lowest BCUT2D eigenvalue weighted by molar-refractivity contribution is -0.0200. The maximum atomic E-state index is 14.0. The highest BCUT2D eigenvalue weighted by Gasteiger charge is 2.59. The zero-order chi connectivity index (χ0) is 18.2. The molecule has 0 spiro atoms. The summed E-state index contributed by atoms with van der Waals surface area (Å²) in [7, 11) is 1.21. The van der Waals surface area contributed by atoms with Gasteiger partial charge in [0.2, 0.25) is 0 Å². The molecule has 0 radical (unpaired) electrons. The van der Waals surface area contributed by atoms with Gasteiger partial charge in [-0.05, 0) is 48.7 Å². The molecule has 0 saturated heterocycles. The Morgan fingerprint density at radius 3 is 2.24 bits per heavy atom. The van der Waals surface area contributed by atoms with Gasteiger partial charge in [0.15, 0.2) is 11.6 Å². The van der Waals surface area contributed by atoms with Gasteiger partial charge in [-0.1, -0.05) is 12.1 Å². The van der Waals surface area contributed by atoms with Gasteiger partial charge in [-0.25, -0.2) is 18.0 Å². The van der Waals surface area contributed by atoms with Crippen molar-refractivity contribution in [1.29, 1.82) is 0 Å². The Balaban J connectivity index is 1.78. The Morgan fingerprint density at radius 1 is 1.12 bits per heavy atom. The molecule has 0 N–H and O–H groups in total. The van der Waals surface area contributed by atoms with Crippen LogP contribution in [0.2, 0.25) is 0 Å². The molecule has 25 heavy (non-hydrogen) atoms. The summed E-state index contributed by atoms with van der Waals surface area (Å²) >= 11 is 0. The Bertz CT molecular complexity index is 791. The third-order valence-electron chi connectivity index (χ3n) is 4.58. The Hall–Kier alpha value is -2.50. The van der Waals surface area contributed by atoms with Crippen LogP contribution in [-0.2, 0) is 10.2 Å². The summed E-state index contributed by atoms with van der Waals surface area (Å²) in [5.74, 6) is -3.90. The Morgan fingerprint density at radius 2 is 1.76 bits per heavy atom. The van der Waals surface area contributed by atoms with Crippen molar-refractivity contribution < 1.29 is 27.4 Å². The molecule has 1 aliphatic rings. The van der Waals surface area contributed by atoms with Gasteiger partial charge in [-0.3, -0.25) is 0 Å². The molecule has 0 heterocycles. The van der Waals surface area contributed by atoms with Crippen LogP contribution < -0.4 is 4.74 Å². The summed E-state index contributed by atoms with van der Waals surface area (Å²) in [6, 6.07) is 9.96. The van der Waals surface area contributed by atoms with Crippen molar-refractivity contribution in [3.63, 3.8) is 0 Å². The molecule has 0 aliphatic heterocycles. The molecule has 6 heteroatoms. The number of carbonyl (C=O) groups is 1. The van der Waals surface area contributed by atoms with Crippen LogP contribution in [0.15, 0.2) is 42.5 Å². The van der Waals surface area contributed by atoms with Gasteiger partial charge in [0, 0.05) is 6.92 Å². The zero-order valence-corrected chi connectivity index (χ0v) is 13.8. The van der Waals surface area contributed by atoms with E-state index in [-0.39, 0.29) is 11.3 Å². The number of methoxy groups -OCH3 is 1. The molecule has 1 saturated carbocycles. The van der Waals surface area contributed by atoms with E-state index in [1.807, 2.05) is 0 Å². The van der Waals surface area contributed by atoms with E-state index in [9.17, 15) is 18.0 Å². The van der Waals surface area contributed by atoms with Crippen molar-refractivity contribution in [3.05, 3.63) is 59.4 Å². The summed E-state index contributed by atoms with van der Waals surface area (Å²) in [4.78, 5) is 11.4. The van der Waals surface area contributed by atoms with E-state index in [2.05, 4.69) is 4.74 Å². The van der Waals surface area contributed by atoms with E-state index in [0.717, 1.165) is 13.0 Å². The van der Waals surface area contributed by atoms with Gasteiger partial charge in [0.05, 0.1) is 18.1 Å². The first-order chi connectivity index (χ1) is 11.8. The van der Waals surface area contributed by atoms with Gasteiger partial charge in [0.1, 0.15) is 5.75 Å². The number of alkyl halides is 2. The van der Waals surface area contributed by atoms with Crippen molar-refractivity contribution in [2.24, 2.45) is 0 Å². The van der Waals surface area contributed by atoms with Crippen molar-refractivity contribution >= 4 is 5.97 Å². The smallest absolute Gasteiger partial charge is 0.337 e. The first-order valence-electron chi connectivity index (χ1n) is 7.81. The lowest BCUT2D eigenvalue weighted by Gasteiger charge is -2.23. The highest BCUT2D eigenvalue weighted by atomic mass is 19.3. The normalized spacial score (nSPS) is 15.6. The number of ether oxygens (including phenoxy) is 2. The first-order valence-corrected chi connectivity index (χ1v) is 7.81. The van der Waals surface area contributed by atoms with Crippen LogP contribution >= 0.6 is 0 Å². The fourth-order valence-corrected chi connectivity index (χ4v) is 2.90. The van der Waals surface area contributed by atoms with Gasteiger partial charge in [0.25, 0.3) is 5.92 Å². The molecule has 3 nitrogen and oxygen atoms in total. The Labute approximate surface area is 143 Å². The fraction of sp³-hybridized carbons (Fsp3) is 0.316. The van der Waals surface area contributed by atoms with Crippen LogP contribution in [0.5, 0.6) is 11.5 Å². The maximum absolute atomic E-state index is 14.0. The van der Waals surface area contributed by atoms with Crippen LogP contribution in [-0.4, -0.2) is 19.0 Å². The second kappa shape index (κ2) is 6.10. The standard InChI is InChI=1S/C19H17F3O3/c1-18(21,22)19(9-10-19)13-4-6-14(7-5-13)25-16-8-3-12(11-15(16)20)17(23)24-2/h3-8,11H,9-10H2,1-2H3. The van der Waals surface area contributed by atoms with E-state index < -0.39 is 23.1 Å².